The molecule has 88 valence electrons. The average Bonchev–Trinajstić information content (AvgIpc) is 2.31. The minimum Gasteiger partial charge on any atom is -0.486 e. The van der Waals surface area contributed by atoms with E-state index in [9.17, 15) is 8.78 Å². The van der Waals surface area contributed by atoms with E-state index in [1.165, 1.54) is 12.3 Å². The van der Waals surface area contributed by atoms with Gasteiger partial charge >= 0.3 is 0 Å². The Kier molecular flexibility index (Phi) is 3.13. The van der Waals surface area contributed by atoms with E-state index in [1.54, 1.807) is 6.07 Å². The van der Waals surface area contributed by atoms with Gasteiger partial charge < -0.3 is 10.5 Å². The van der Waals surface area contributed by atoms with Gasteiger partial charge in [0.1, 0.15) is 18.2 Å². The molecule has 0 atom stereocenters. The smallest absolute Gasteiger partial charge is 0.168 e. The van der Waals surface area contributed by atoms with E-state index in [2.05, 4.69) is 9.97 Å². The monoisotopic (exact) mass is 237 g/mol. The molecule has 2 N–H and O–H groups in total. The van der Waals surface area contributed by atoms with Crippen LogP contribution in [-0.2, 0) is 6.61 Å². The van der Waals surface area contributed by atoms with Crippen LogP contribution in [0.15, 0.2) is 30.5 Å². The maximum Gasteiger partial charge on any atom is 0.168 e. The van der Waals surface area contributed by atoms with Crippen LogP contribution in [0.2, 0.25) is 0 Å². The SMILES string of the molecule is Nc1ccnc(COc2ccc(F)c(F)c2)n1. The van der Waals surface area contributed by atoms with E-state index in [1.807, 2.05) is 0 Å². The first kappa shape index (κ1) is 11.3. The van der Waals surface area contributed by atoms with Gasteiger partial charge in [-0.25, -0.2) is 18.7 Å². The molecule has 17 heavy (non-hydrogen) atoms. The second-order valence-corrected chi connectivity index (χ2v) is 3.26. The van der Waals surface area contributed by atoms with Crippen molar-refractivity contribution in [3.05, 3.63) is 47.9 Å². The van der Waals surface area contributed by atoms with E-state index in [4.69, 9.17) is 10.5 Å². The van der Waals surface area contributed by atoms with Crippen molar-refractivity contribution in [2.75, 3.05) is 5.73 Å². The van der Waals surface area contributed by atoms with Gasteiger partial charge in [-0.2, -0.15) is 0 Å². The predicted octanol–water partition coefficient (Wildman–Crippen LogP) is 1.92. The lowest BCUT2D eigenvalue weighted by Gasteiger charge is -2.05. The largest absolute Gasteiger partial charge is 0.486 e. The fraction of sp³-hybridized carbons (Fsp3) is 0.0909. The Morgan fingerprint density at radius 1 is 1.18 bits per heavy atom. The van der Waals surface area contributed by atoms with Gasteiger partial charge in [0.15, 0.2) is 17.5 Å². The summed E-state index contributed by atoms with van der Waals surface area (Å²) in [4.78, 5) is 7.81. The molecule has 0 bridgehead atoms. The Bertz CT molecular complexity index is 534. The molecule has 0 saturated heterocycles. The number of hydrogen-bond acceptors (Lipinski definition) is 4. The summed E-state index contributed by atoms with van der Waals surface area (Å²) in [6.45, 7) is 0.0378. The van der Waals surface area contributed by atoms with Crippen molar-refractivity contribution < 1.29 is 13.5 Å². The third-order valence-corrected chi connectivity index (χ3v) is 1.99. The van der Waals surface area contributed by atoms with E-state index < -0.39 is 11.6 Å². The summed E-state index contributed by atoms with van der Waals surface area (Å²) in [5.74, 6) is -0.984. The van der Waals surface area contributed by atoms with Crippen LogP contribution in [-0.4, -0.2) is 9.97 Å². The van der Waals surface area contributed by atoms with Crippen LogP contribution >= 0.6 is 0 Å². The van der Waals surface area contributed by atoms with E-state index in [0.29, 0.717) is 11.6 Å². The molecule has 0 fully saturated rings. The molecule has 0 aliphatic carbocycles. The topological polar surface area (TPSA) is 61.0 Å². The molecule has 1 heterocycles. The molecule has 0 amide bonds. The van der Waals surface area contributed by atoms with Gasteiger partial charge in [0.2, 0.25) is 0 Å². The van der Waals surface area contributed by atoms with Crippen molar-refractivity contribution in [3.63, 3.8) is 0 Å². The first-order chi connectivity index (χ1) is 8.15. The number of benzene rings is 1. The van der Waals surface area contributed by atoms with Crippen LogP contribution in [0.3, 0.4) is 0 Å². The summed E-state index contributed by atoms with van der Waals surface area (Å²) < 4.78 is 30.7. The fourth-order valence-corrected chi connectivity index (χ4v) is 1.20. The van der Waals surface area contributed by atoms with Gasteiger partial charge in [0, 0.05) is 12.3 Å². The van der Waals surface area contributed by atoms with Gasteiger partial charge in [0.05, 0.1) is 0 Å². The molecule has 0 unspecified atom stereocenters. The van der Waals surface area contributed by atoms with Gasteiger partial charge in [-0.05, 0) is 18.2 Å². The van der Waals surface area contributed by atoms with E-state index in [-0.39, 0.29) is 12.4 Å². The van der Waals surface area contributed by atoms with Crippen molar-refractivity contribution in [3.8, 4) is 5.75 Å². The summed E-state index contributed by atoms with van der Waals surface area (Å²) in [7, 11) is 0. The lowest BCUT2D eigenvalue weighted by molar-refractivity contribution is 0.293. The predicted molar refractivity (Wildman–Crippen MR) is 57.1 cm³/mol. The Labute approximate surface area is 96.1 Å². The van der Waals surface area contributed by atoms with Crippen molar-refractivity contribution in [2.45, 2.75) is 6.61 Å². The Balaban J connectivity index is 2.05. The maximum atomic E-state index is 12.9. The van der Waals surface area contributed by atoms with Crippen LogP contribution < -0.4 is 10.5 Å². The zero-order valence-corrected chi connectivity index (χ0v) is 8.73. The average molecular weight is 237 g/mol. The van der Waals surface area contributed by atoms with Crippen LogP contribution in [0.1, 0.15) is 5.82 Å². The summed E-state index contributed by atoms with van der Waals surface area (Å²) in [6, 6.07) is 4.82. The molecule has 2 aromatic rings. The number of halogens is 2. The number of nitrogens with two attached hydrogens (primary N) is 1. The quantitative estimate of drug-likeness (QED) is 0.885. The molecular formula is C11H9F2N3O. The molecule has 1 aromatic heterocycles. The van der Waals surface area contributed by atoms with Crippen molar-refractivity contribution in [2.24, 2.45) is 0 Å². The zero-order chi connectivity index (χ0) is 12.3. The van der Waals surface area contributed by atoms with Crippen LogP contribution in [0.4, 0.5) is 14.6 Å². The number of hydrogen-bond donors (Lipinski definition) is 1. The van der Waals surface area contributed by atoms with Gasteiger partial charge in [0.25, 0.3) is 0 Å². The highest BCUT2D eigenvalue weighted by Gasteiger charge is 2.04. The maximum absolute atomic E-state index is 12.9. The Morgan fingerprint density at radius 3 is 2.71 bits per heavy atom. The van der Waals surface area contributed by atoms with Gasteiger partial charge in [-0.15, -0.1) is 0 Å². The van der Waals surface area contributed by atoms with Crippen molar-refractivity contribution in [1.82, 2.24) is 9.97 Å². The number of nitrogen functional groups attached to an aromatic ring is 1. The first-order valence-corrected chi connectivity index (χ1v) is 4.80. The van der Waals surface area contributed by atoms with Crippen LogP contribution in [0.5, 0.6) is 5.75 Å². The number of aromatic nitrogens is 2. The van der Waals surface area contributed by atoms with Crippen LogP contribution in [0.25, 0.3) is 0 Å². The number of rotatable bonds is 3. The molecular weight excluding hydrogens is 228 g/mol. The third-order valence-electron chi connectivity index (χ3n) is 1.99. The third kappa shape index (κ3) is 2.87. The summed E-state index contributed by atoms with van der Waals surface area (Å²) >= 11 is 0. The summed E-state index contributed by atoms with van der Waals surface area (Å²) in [6.07, 6.45) is 1.49. The van der Waals surface area contributed by atoms with Crippen molar-refractivity contribution >= 4 is 5.82 Å². The van der Waals surface area contributed by atoms with E-state index >= 15 is 0 Å². The lowest BCUT2D eigenvalue weighted by Crippen LogP contribution is -2.03. The summed E-state index contributed by atoms with van der Waals surface area (Å²) in [5.41, 5.74) is 5.46. The number of nitrogens with zero attached hydrogens (tertiary/aromatic N) is 2. The molecule has 0 radical (unpaired) electrons. The Hall–Kier alpha value is -2.24. The zero-order valence-electron chi connectivity index (χ0n) is 8.73. The first-order valence-electron chi connectivity index (χ1n) is 4.80. The minimum absolute atomic E-state index is 0.0378. The van der Waals surface area contributed by atoms with Crippen LogP contribution in [0, 0.1) is 11.6 Å². The fourth-order valence-electron chi connectivity index (χ4n) is 1.20. The molecule has 6 heteroatoms. The minimum atomic E-state index is -0.962. The normalized spacial score (nSPS) is 10.2. The lowest BCUT2D eigenvalue weighted by atomic mass is 10.3. The van der Waals surface area contributed by atoms with E-state index in [0.717, 1.165) is 12.1 Å². The number of anilines is 1. The molecule has 0 aliphatic heterocycles. The molecule has 0 spiro atoms. The van der Waals surface area contributed by atoms with Crippen molar-refractivity contribution in [1.29, 1.82) is 0 Å². The molecule has 1 aromatic carbocycles. The Morgan fingerprint density at radius 2 is 2.00 bits per heavy atom. The molecule has 4 nitrogen and oxygen atoms in total. The van der Waals surface area contributed by atoms with Gasteiger partial charge in [-0.1, -0.05) is 0 Å². The summed E-state index contributed by atoms with van der Waals surface area (Å²) in [5, 5.41) is 0. The molecule has 0 aliphatic rings. The standard InChI is InChI=1S/C11H9F2N3O/c12-8-2-1-7(5-9(8)13)17-6-11-15-4-3-10(14)16-11/h1-5H,6H2,(H2,14,15,16). The second-order valence-electron chi connectivity index (χ2n) is 3.26. The number of ether oxygens (including phenoxy) is 1. The molecule has 2 rings (SSSR count). The van der Waals surface area contributed by atoms with Gasteiger partial charge in [-0.3, -0.25) is 0 Å². The second kappa shape index (κ2) is 4.73. The molecule has 0 saturated carbocycles. The highest BCUT2D eigenvalue weighted by atomic mass is 19.2. The highest BCUT2D eigenvalue weighted by Crippen LogP contribution is 2.16. The highest BCUT2D eigenvalue weighted by molar-refractivity contribution is 5.26.